The van der Waals surface area contributed by atoms with Crippen molar-refractivity contribution in [1.82, 2.24) is 14.8 Å². The zero-order chi connectivity index (χ0) is 25.6. The number of nitrogens with one attached hydrogen (secondary N) is 1. The summed E-state index contributed by atoms with van der Waals surface area (Å²) in [4.78, 5) is 24.1. The van der Waals surface area contributed by atoms with E-state index in [9.17, 15) is 9.59 Å². The molecule has 1 amide bonds. The third kappa shape index (κ3) is 5.68. The van der Waals surface area contributed by atoms with Gasteiger partial charge in [-0.15, -0.1) is 10.2 Å². The lowest BCUT2D eigenvalue weighted by atomic mass is 10.1. The van der Waals surface area contributed by atoms with Gasteiger partial charge in [-0.25, -0.2) is 0 Å². The quantitative estimate of drug-likeness (QED) is 0.188. The van der Waals surface area contributed by atoms with E-state index in [1.165, 1.54) is 6.92 Å². The minimum absolute atomic E-state index is 0.00959. The molecule has 0 saturated carbocycles. The van der Waals surface area contributed by atoms with Gasteiger partial charge < -0.3 is 5.32 Å². The SMILES string of the molecule is CC(=O)c1ccc(NC(=O)c2ccc(CSc3nnc(-c4ccccc4)n3-c3ccccc3)cc2)cc1. The molecule has 0 aliphatic carbocycles. The van der Waals surface area contributed by atoms with E-state index in [0.29, 0.717) is 22.6 Å². The van der Waals surface area contributed by atoms with E-state index in [-0.39, 0.29) is 11.7 Å². The van der Waals surface area contributed by atoms with Crippen LogP contribution in [0.5, 0.6) is 0 Å². The maximum atomic E-state index is 12.7. The Morgan fingerprint density at radius 2 is 1.38 bits per heavy atom. The van der Waals surface area contributed by atoms with Gasteiger partial charge in [-0.2, -0.15) is 0 Å². The molecular formula is C30H24N4O2S. The Labute approximate surface area is 219 Å². The monoisotopic (exact) mass is 504 g/mol. The molecule has 6 nitrogen and oxygen atoms in total. The number of carbonyl (C=O) groups is 2. The van der Waals surface area contributed by atoms with E-state index in [1.807, 2.05) is 84.9 Å². The van der Waals surface area contributed by atoms with Crippen LogP contribution in [-0.2, 0) is 5.75 Å². The summed E-state index contributed by atoms with van der Waals surface area (Å²) >= 11 is 1.59. The summed E-state index contributed by atoms with van der Waals surface area (Å²) in [5.74, 6) is 1.25. The average Bonchev–Trinajstić information content (AvgIpc) is 3.37. The Morgan fingerprint density at radius 1 is 0.757 bits per heavy atom. The van der Waals surface area contributed by atoms with Crippen molar-refractivity contribution in [2.24, 2.45) is 0 Å². The minimum Gasteiger partial charge on any atom is -0.322 e. The lowest BCUT2D eigenvalue weighted by Crippen LogP contribution is -2.11. The van der Waals surface area contributed by atoms with Gasteiger partial charge in [-0.1, -0.05) is 72.4 Å². The lowest BCUT2D eigenvalue weighted by Gasteiger charge is -2.10. The fourth-order valence-electron chi connectivity index (χ4n) is 3.84. The van der Waals surface area contributed by atoms with Crippen LogP contribution in [0.1, 0.15) is 33.2 Å². The van der Waals surface area contributed by atoms with Gasteiger partial charge in [-0.05, 0) is 61.0 Å². The number of nitrogens with zero attached hydrogens (tertiary/aromatic N) is 3. The molecule has 1 aromatic heterocycles. The van der Waals surface area contributed by atoms with Crippen LogP contribution in [0.3, 0.4) is 0 Å². The Balaban J connectivity index is 1.29. The molecule has 0 fully saturated rings. The largest absolute Gasteiger partial charge is 0.322 e. The summed E-state index contributed by atoms with van der Waals surface area (Å²) in [6, 6.07) is 34.5. The van der Waals surface area contributed by atoms with Crippen LogP contribution in [0.15, 0.2) is 114 Å². The highest BCUT2D eigenvalue weighted by atomic mass is 32.2. The molecule has 0 saturated heterocycles. The number of thioether (sulfide) groups is 1. The second kappa shape index (κ2) is 11.1. The van der Waals surface area contributed by atoms with E-state index in [1.54, 1.807) is 36.0 Å². The van der Waals surface area contributed by atoms with Crippen molar-refractivity contribution >= 4 is 29.1 Å². The molecule has 37 heavy (non-hydrogen) atoms. The first-order valence-corrected chi connectivity index (χ1v) is 12.8. The molecule has 0 aliphatic heterocycles. The molecule has 7 heteroatoms. The number of para-hydroxylation sites is 1. The maximum absolute atomic E-state index is 12.7. The van der Waals surface area contributed by atoms with E-state index in [0.717, 1.165) is 27.8 Å². The number of rotatable bonds is 8. The molecule has 0 atom stereocenters. The molecule has 0 bridgehead atoms. The van der Waals surface area contributed by atoms with Crippen LogP contribution in [0, 0.1) is 0 Å². The van der Waals surface area contributed by atoms with Gasteiger partial charge in [0.25, 0.3) is 5.91 Å². The lowest BCUT2D eigenvalue weighted by molar-refractivity contribution is 0.101. The summed E-state index contributed by atoms with van der Waals surface area (Å²) < 4.78 is 2.07. The number of anilines is 1. The third-order valence-electron chi connectivity index (χ3n) is 5.81. The van der Waals surface area contributed by atoms with Gasteiger partial charge in [0.05, 0.1) is 0 Å². The Bertz CT molecular complexity index is 1510. The zero-order valence-corrected chi connectivity index (χ0v) is 21.0. The minimum atomic E-state index is -0.203. The second-order valence-electron chi connectivity index (χ2n) is 8.42. The van der Waals surface area contributed by atoms with E-state index in [4.69, 9.17) is 0 Å². The fraction of sp³-hybridized carbons (Fsp3) is 0.0667. The molecule has 0 unspecified atom stereocenters. The molecule has 1 heterocycles. The van der Waals surface area contributed by atoms with Crippen molar-refractivity contribution in [2.45, 2.75) is 17.8 Å². The summed E-state index contributed by atoms with van der Waals surface area (Å²) in [7, 11) is 0. The van der Waals surface area contributed by atoms with Crippen molar-refractivity contribution in [3.8, 4) is 17.1 Å². The van der Waals surface area contributed by atoms with E-state index < -0.39 is 0 Å². The number of hydrogen-bond acceptors (Lipinski definition) is 5. The van der Waals surface area contributed by atoms with Crippen molar-refractivity contribution in [1.29, 1.82) is 0 Å². The van der Waals surface area contributed by atoms with E-state index in [2.05, 4.69) is 20.1 Å². The van der Waals surface area contributed by atoms with Gasteiger partial charge in [-0.3, -0.25) is 14.2 Å². The highest BCUT2D eigenvalue weighted by Gasteiger charge is 2.16. The molecule has 0 aliphatic rings. The molecule has 0 spiro atoms. The molecule has 5 aromatic rings. The van der Waals surface area contributed by atoms with Crippen LogP contribution in [0.2, 0.25) is 0 Å². The van der Waals surface area contributed by atoms with Crippen LogP contribution in [0.4, 0.5) is 5.69 Å². The standard InChI is InChI=1S/C30H24N4O2S/c1-21(35)23-16-18-26(19-17-23)31-29(36)25-14-12-22(13-15-25)20-37-30-33-32-28(24-8-4-2-5-9-24)34(30)27-10-6-3-7-11-27/h2-19H,20H2,1H3,(H,31,36). The number of amides is 1. The maximum Gasteiger partial charge on any atom is 0.255 e. The third-order valence-corrected chi connectivity index (χ3v) is 6.81. The summed E-state index contributed by atoms with van der Waals surface area (Å²) in [5, 5.41) is 12.6. The molecule has 5 rings (SSSR count). The number of carbonyl (C=O) groups excluding carboxylic acids is 2. The summed E-state index contributed by atoms with van der Waals surface area (Å²) in [6.45, 7) is 1.52. The first-order valence-electron chi connectivity index (χ1n) is 11.8. The van der Waals surface area contributed by atoms with Crippen molar-refractivity contribution in [3.63, 3.8) is 0 Å². The van der Waals surface area contributed by atoms with Crippen molar-refractivity contribution < 1.29 is 9.59 Å². The highest BCUT2D eigenvalue weighted by Crippen LogP contribution is 2.29. The molecule has 1 N–H and O–H groups in total. The average molecular weight is 505 g/mol. The topological polar surface area (TPSA) is 76.9 Å². The van der Waals surface area contributed by atoms with Crippen LogP contribution in [-0.4, -0.2) is 26.5 Å². The number of hydrogen-bond donors (Lipinski definition) is 1. The molecular weight excluding hydrogens is 480 g/mol. The van der Waals surface area contributed by atoms with Crippen LogP contribution in [0.25, 0.3) is 17.1 Å². The van der Waals surface area contributed by atoms with Gasteiger partial charge >= 0.3 is 0 Å². The fourth-order valence-corrected chi connectivity index (χ4v) is 4.75. The number of ketones is 1. The van der Waals surface area contributed by atoms with Crippen molar-refractivity contribution in [3.05, 3.63) is 126 Å². The highest BCUT2D eigenvalue weighted by molar-refractivity contribution is 7.98. The Kier molecular flexibility index (Phi) is 7.23. The van der Waals surface area contributed by atoms with Gasteiger partial charge in [0, 0.05) is 33.8 Å². The smallest absolute Gasteiger partial charge is 0.255 e. The second-order valence-corrected chi connectivity index (χ2v) is 9.36. The van der Waals surface area contributed by atoms with Gasteiger partial charge in [0.15, 0.2) is 16.8 Å². The first kappa shape index (κ1) is 24.2. The predicted octanol–water partition coefficient (Wildman–Crippen LogP) is 6.68. The number of aromatic nitrogens is 3. The normalized spacial score (nSPS) is 10.7. The Hall–Kier alpha value is -4.49. The Morgan fingerprint density at radius 3 is 2.03 bits per heavy atom. The van der Waals surface area contributed by atoms with E-state index >= 15 is 0 Å². The van der Waals surface area contributed by atoms with Gasteiger partial charge in [0.2, 0.25) is 0 Å². The van der Waals surface area contributed by atoms with Gasteiger partial charge in [0.1, 0.15) is 0 Å². The molecule has 4 aromatic carbocycles. The zero-order valence-electron chi connectivity index (χ0n) is 20.2. The number of benzene rings is 4. The summed E-state index contributed by atoms with van der Waals surface area (Å²) in [5.41, 5.74) is 4.87. The van der Waals surface area contributed by atoms with Crippen LogP contribution < -0.4 is 5.32 Å². The predicted molar refractivity (Wildman–Crippen MR) is 147 cm³/mol. The van der Waals surface area contributed by atoms with Crippen molar-refractivity contribution in [2.75, 3.05) is 5.32 Å². The first-order chi connectivity index (χ1) is 18.1. The summed E-state index contributed by atoms with van der Waals surface area (Å²) in [6.07, 6.45) is 0. The molecule has 0 radical (unpaired) electrons. The molecule has 182 valence electrons. The number of Topliss-reactive ketones (excluding diaryl/α,β-unsaturated/α-hetero) is 1. The van der Waals surface area contributed by atoms with Crippen LogP contribution >= 0.6 is 11.8 Å².